The predicted octanol–water partition coefficient (Wildman–Crippen LogP) is 6.12. The summed E-state index contributed by atoms with van der Waals surface area (Å²) in [6, 6.07) is 14.6. The SMILES string of the molecule is CC1(C)CCc2ccccc2C1Nc1cccc(Cl)c1Cl. The van der Waals surface area contributed by atoms with Crippen molar-refractivity contribution in [3.8, 4) is 0 Å². The van der Waals surface area contributed by atoms with E-state index in [0.717, 1.165) is 18.5 Å². The molecule has 0 heterocycles. The summed E-state index contributed by atoms with van der Waals surface area (Å²) >= 11 is 12.5. The van der Waals surface area contributed by atoms with Crippen LogP contribution in [0.25, 0.3) is 0 Å². The van der Waals surface area contributed by atoms with Crippen LogP contribution >= 0.6 is 23.2 Å². The van der Waals surface area contributed by atoms with Gasteiger partial charge < -0.3 is 5.32 Å². The van der Waals surface area contributed by atoms with Crippen molar-refractivity contribution in [3.05, 3.63) is 63.6 Å². The van der Waals surface area contributed by atoms with Gasteiger partial charge in [0.1, 0.15) is 0 Å². The number of aryl methyl sites for hydroxylation is 1. The van der Waals surface area contributed by atoms with Crippen molar-refractivity contribution >= 4 is 28.9 Å². The van der Waals surface area contributed by atoms with Crippen LogP contribution < -0.4 is 5.32 Å². The first kappa shape index (κ1) is 14.7. The highest BCUT2D eigenvalue weighted by Crippen LogP contribution is 2.46. The maximum Gasteiger partial charge on any atom is 0.0823 e. The lowest BCUT2D eigenvalue weighted by molar-refractivity contribution is 0.265. The van der Waals surface area contributed by atoms with E-state index in [1.165, 1.54) is 11.1 Å². The Morgan fingerprint density at radius 2 is 1.81 bits per heavy atom. The van der Waals surface area contributed by atoms with Gasteiger partial charge in [-0.2, -0.15) is 0 Å². The molecule has 0 radical (unpaired) electrons. The number of halogens is 2. The minimum atomic E-state index is 0.167. The first-order valence-corrected chi connectivity index (χ1v) is 8.03. The van der Waals surface area contributed by atoms with E-state index >= 15 is 0 Å². The number of hydrogen-bond donors (Lipinski definition) is 1. The van der Waals surface area contributed by atoms with Crippen molar-refractivity contribution in [2.75, 3.05) is 5.32 Å². The van der Waals surface area contributed by atoms with E-state index < -0.39 is 0 Å². The Labute approximate surface area is 136 Å². The molecule has 2 aromatic rings. The molecule has 0 aromatic heterocycles. The highest BCUT2D eigenvalue weighted by atomic mass is 35.5. The lowest BCUT2D eigenvalue weighted by Gasteiger charge is -2.41. The van der Waals surface area contributed by atoms with E-state index in [4.69, 9.17) is 23.2 Å². The Balaban J connectivity index is 2.01. The highest BCUT2D eigenvalue weighted by Gasteiger charge is 2.35. The van der Waals surface area contributed by atoms with E-state index in [9.17, 15) is 0 Å². The number of anilines is 1. The summed E-state index contributed by atoms with van der Waals surface area (Å²) in [7, 11) is 0. The summed E-state index contributed by atoms with van der Waals surface area (Å²) in [6.45, 7) is 4.61. The second kappa shape index (κ2) is 5.55. The second-order valence-corrected chi connectivity index (χ2v) is 7.15. The summed E-state index contributed by atoms with van der Waals surface area (Å²) in [5.41, 5.74) is 3.86. The average Bonchev–Trinajstić information content (AvgIpc) is 2.46. The van der Waals surface area contributed by atoms with E-state index in [2.05, 4.69) is 43.4 Å². The molecule has 0 spiro atoms. The zero-order chi connectivity index (χ0) is 15.0. The molecule has 1 atom stereocenters. The molecule has 1 unspecified atom stereocenters. The van der Waals surface area contributed by atoms with Crippen LogP contribution in [0.2, 0.25) is 10.0 Å². The molecule has 2 aromatic carbocycles. The lowest BCUT2D eigenvalue weighted by atomic mass is 9.70. The minimum absolute atomic E-state index is 0.167. The van der Waals surface area contributed by atoms with Gasteiger partial charge in [0.05, 0.1) is 21.8 Å². The van der Waals surface area contributed by atoms with Gasteiger partial charge in [-0.1, -0.05) is 67.4 Å². The Hall–Kier alpha value is -1.18. The van der Waals surface area contributed by atoms with E-state index in [-0.39, 0.29) is 11.5 Å². The third kappa shape index (κ3) is 2.77. The smallest absolute Gasteiger partial charge is 0.0823 e. The number of hydrogen-bond acceptors (Lipinski definition) is 1. The van der Waals surface area contributed by atoms with E-state index in [1.54, 1.807) is 0 Å². The first-order chi connectivity index (χ1) is 9.99. The van der Waals surface area contributed by atoms with Gasteiger partial charge in [-0.25, -0.2) is 0 Å². The molecule has 110 valence electrons. The Bertz CT molecular complexity index is 664. The summed E-state index contributed by atoms with van der Waals surface area (Å²) in [4.78, 5) is 0. The number of fused-ring (bicyclic) bond motifs is 1. The van der Waals surface area contributed by atoms with Crippen molar-refractivity contribution in [2.45, 2.75) is 32.7 Å². The number of benzene rings is 2. The van der Waals surface area contributed by atoms with Gasteiger partial charge >= 0.3 is 0 Å². The normalized spacial score (nSPS) is 19.9. The Kier molecular flexibility index (Phi) is 3.90. The Morgan fingerprint density at radius 3 is 2.62 bits per heavy atom. The lowest BCUT2D eigenvalue weighted by Crippen LogP contribution is -2.33. The largest absolute Gasteiger partial charge is 0.376 e. The average molecular weight is 320 g/mol. The molecule has 1 N–H and O–H groups in total. The van der Waals surface area contributed by atoms with Gasteiger partial charge in [0.15, 0.2) is 0 Å². The molecule has 0 amide bonds. The van der Waals surface area contributed by atoms with Crippen molar-refractivity contribution in [3.63, 3.8) is 0 Å². The fourth-order valence-electron chi connectivity index (χ4n) is 3.11. The van der Waals surface area contributed by atoms with Gasteiger partial charge in [-0.15, -0.1) is 0 Å². The maximum absolute atomic E-state index is 6.34. The molecule has 21 heavy (non-hydrogen) atoms. The highest BCUT2D eigenvalue weighted by molar-refractivity contribution is 6.43. The van der Waals surface area contributed by atoms with Gasteiger partial charge in [-0.05, 0) is 41.5 Å². The summed E-state index contributed by atoms with van der Waals surface area (Å²) in [5, 5.41) is 4.80. The van der Waals surface area contributed by atoms with Gasteiger partial charge in [-0.3, -0.25) is 0 Å². The predicted molar refractivity (Wildman–Crippen MR) is 91.4 cm³/mol. The molecule has 1 aliphatic rings. The molecule has 0 aliphatic heterocycles. The molecule has 0 saturated carbocycles. The van der Waals surface area contributed by atoms with Crippen molar-refractivity contribution in [1.29, 1.82) is 0 Å². The van der Waals surface area contributed by atoms with Crippen LogP contribution in [0.5, 0.6) is 0 Å². The quantitative estimate of drug-likeness (QED) is 0.703. The maximum atomic E-state index is 6.34. The van der Waals surface area contributed by atoms with Crippen molar-refractivity contribution in [2.24, 2.45) is 5.41 Å². The monoisotopic (exact) mass is 319 g/mol. The molecule has 1 aliphatic carbocycles. The van der Waals surface area contributed by atoms with Crippen LogP contribution in [0.15, 0.2) is 42.5 Å². The fourth-order valence-corrected chi connectivity index (χ4v) is 3.46. The first-order valence-electron chi connectivity index (χ1n) is 7.27. The zero-order valence-electron chi connectivity index (χ0n) is 12.3. The van der Waals surface area contributed by atoms with Gasteiger partial charge in [0.2, 0.25) is 0 Å². The molecular formula is C18H19Cl2N. The van der Waals surface area contributed by atoms with Crippen LogP contribution in [0.4, 0.5) is 5.69 Å². The van der Waals surface area contributed by atoms with Crippen molar-refractivity contribution < 1.29 is 0 Å². The van der Waals surface area contributed by atoms with Crippen LogP contribution in [-0.4, -0.2) is 0 Å². The van der Waals surface area contributed by atoms with Gasteiger partial charge in [0, 0.05) is 0 Å². The van der Waals surface area contributed by atoms with Gasteiger partial charge in [0.25, 0.3) is 0 Å². The zero-order valence-corrected chi connectivity index (χ0v) is 13.8. The minimum Gasteiger partial charge on any atom is -0.376 e. The molecule has 3 rings (SSSR count). The van der Waals surface area contributed by atoms with E-state index in [0.29, 0.717) is 10.0 Å². The third-order valence-corrected chi connectivity index (χ3v) is 5.26. The van der Waals surface area contributed by atoms with Crippen LogP contribution in [0.3, 0.4) is 0 Å². The number of rotatable bonds is 2. The molecule has 0 fully saturated rings. The van der Waals surface area contributed by atoms with Crippen LogP contribution in [-0.2, 0) is 6.42 Å². The topological polar surface area (TPSA) is 12.0 Å². The standard InChI is InChI=1S/C18H19Cl2N/c1-18(2)11-10-12-6-3-4-7-13(12)17(18)21-15-9-5-8-14(19)16(15)20/h3-9,17,21H,10-11H2,1-2H3. The summed E-state index contributed by atoms with van der Waals surface area (Å²) in [6.07, 6.45) is 2.28. The Morgan fingerprint density at radius 1 is 1.05 bits per heavy atom. The molecule has 0 bridgehead atoms. The molecule has 1 nitrogen and oxygen atoms in total. The van der Waals surface area contributed by atoms with Crippen molar-refractivity contribution in [1.82, 2.24) is 0 Å². The number of nitrogens with one attached hydrogen (secondary N) is 1. The second-order valence-electron chi connectivity index (χ2n) is 6.37. The summed E-state index contributed by atoms with van der Waals surface area (Å²) < 4.78 is 0. The van der Waals surface area contributed by atoms with E-state index in [1.807, 2.05) is 18.2 Å². The molecule has 3 heteroatoms. The third-order valence-electron chi connectivity index (χ3n) is 4.44. The van der Waals surface area contributed by atoms with Crippen LogP contribution in [0.1, 0.15) is 37.4 Å². The summed E-state index contributed by atoms with van der Waals surface area (Å²) in [5.74, 6) is 0. The fraction of sp³-hybridized carbons (Fsp3) is 0.333. The molecular weight excluding hydrogens is 301 g/mol. The van der Waals surface area contributed by atoms with Crippen LogP contribution in [0, 0.1) is 5.41 Å². The molecule has 0 saturated heterocycles.